The number of benzene rings is 1. The summed E-state index contributed by atoms with van der Waals surface area (Å²) < 4.78 is 0. The van der Waals surface area contributed by atoms with Crippen LogP contribution in [0.15, 0.2) is 36.5 Å². The summed E-state index contributed by atoms with van der Waals surface area (Å²) in [5.41, 5.74) is 9.47. The molecule has 2 N–H and O–H groups in total. The Bertz CT molecular complexity index is 936. The molecule has 132 valence electrons. The summed E-state index contributed by atoms with van der Waals surface area (Å²) in [5.74, 6) is 0.822. The highest BCUT2D eigenvalue weighted by molar-refractivity contribution is 7.18. The van der Waals surface area contributed by atoms with Gasteiger partial charge in [0.25, 0.3) is 0 Å². The van der Waals surface area contributed by atoms with E-state index in [1.807, 2.05) is 24.4 Å². The molecule has 1 saturated heterocycles. The van der Waals surface area contributed by atoms with Gasteiger partial charge in [0.05, 0.1) is 5.69 Å². The van der Waals surface area contributed by atoms with E-state index in [4.69, 9.17) is 10.7 Å². The number of anilines is 2. The summed E-state index contributed by atoms with van der Waals surface area (Å²) in [6, 6.07) is 10.2. The lowest BCUT2D eigenvalue weighted by Crippen LogP contribution is -2.45. The molecule has 1 spiro atoms. The van der Waals surface area contributed by atoms with Gasteiger partial charge in [0.1, 0.15) is 0 Å². The summed E-state index contributed by atoms with van der Waals surface area (Å²) in [6.45, 7) is 1.93. The quantitative estimate of drug-likeness (QED) is 0.753. The molecule has 1 atom stereocenters. The smallest absolute Gasteiger partial charge is 0.210 e. The van der Waals surface area contributed by atoms with Gasteiger partial charge in [-0.15, -0.1) is 10.2 Å². The molecular formula is C19H20N6S. The second-order valence-electron chi connectivity index (χ2n) is 7.16. The molecule has 0 amide bonds. The molecular weight excluding hydrogens is 344 g/mol. The second-order valence-corrected chi connectivity index (χ2v) is 8.15. The zero-order valence-electron chi connectivity index (χ0n) is 14.4. The van der Waals surface area contributed by atoms with Crippen molar-refractivity contribution in [1.29, 1.82) is 0 Å². The normalized spacial score (nSPS) is 21.9. The van der Waals surface area contributed by atoms with E-state index in [0.717, 1.165) is 55.3 Å². The number of rotatable bonds is 2. The fourth-order valence-corrected chi connectivity index (χ4v) is 4.95. The van der Waals surface area contributed by atoms with Gasteiger partial charge in [0, 0.05) is 30.3 Å². The van der Waals surface area contributed by atoms with Gasteiger partial charge in [-0.1, -0.05) is 41.7 Å². The predicted octanol–water partition coefficient (Wildman–Crippen LogP) is 3.06. The van der Waals surface area contributed by atoms with Crippen molar-refractivity contribution in [3.8, 4) is 11.4 Å². The van der Waals surface area contributed by atoms with E-state index in [9.17, 15) is 0 Å². The molecule has 5 rings (SSSR count). The molecule has 3 heterocycles. The van der Waals surface area contributed by atoms with Gasteiger partial charge in [-0.2, -0.15) is 0 Å². The fourth-order valence-electron chi connectivity index (χ4n) is 4.31. The third-order valence-electron chi connectivity index (χ3n) is 5.55. The summed E-state index contributed by atoms with van der Waals surface area (Å²) >= 11 is 1.47. The van der Waals surface area contributed by atoms with Crippen LogP contribution in [0.2, 0.25) is 0 Å². The van der Waals surface area contributed by atoms with Crippen LogP contribution < -0.4 is 10.6 Å². The largest absolute Gasteiger partial charge is 0.374 e. The van der Waals surface area contributed by atoms with E-state index in [-0.39, 0.29) is 5.41 Å². The number of aryl methyl sites for hydroxylation is 1. The minimum Gasteiger partial charge on any atom is -0.374 e. The molecule has 1 fully saturated rings. The topological polar surface area (TPSA) is 80.8 Å². The van der Waals surface area contributed by atoms with Crippen molar-refractivity contribution in [2.75, 3.05) is 23.7 Å². The monoisotopic (exact) mass is 364 g/mol. The lowest BCUT2D eigenvalue weighted by molar-refractivity contribution is 0.334. The predicted molar refractivity (Wildman–Crippen MR) is 103 cm³/mol. The highest BCUT2D eigenvalue weighted by atomic mass is 32.1. The van der Waals surface area contributed by atoms with Gasteiger partial charge in [0.2, 0.25) is 10.3 Å². The molecule has 3 aromatic rings. The number of hydrogen-bond acceptors (Lipinski definition) is 7. The molecule has 2 aromatic heterocycles. The molecule has 1 unspecified atom stereocenters. The van der Waals surface area contributed by atoms with Crippen molar-refractivity contribution in [2.24, 2.45) is 0 Å². The Kier molecular flexibility index (Phi) is 3.63. The van der Waals surface area contributed by atoms with Crippen molar-refractivity contribution in [3.05, 3.63) is 47.8 Å². The Labute approximate surface area is 156 Å². The zero-order chi connectivity index (χ0) is 17.6. The first kappa shape index (κ1) is 15.7. The van der Waals surface area contributed by atoms with Crippen LogP contribution in [0.1, 0.15) is 30.5 Å². The number of nitrogen functional groups attached to an aromatic ring is 1. The summed E-state index contributed by atoms with van der Waals surface area (Å²) in [5, 5.41) is 9.69. The van der Waals surface area contributed by atoms with Crippen LogP contribution in [0.4, 0.5) is 10.3 Å². The maximum Gasteiger partial charge on any atom is 0.210 e. The molecule has 0 radical (unpaired) electrons. The molecule has 2 aliphatic rings. The van der Waals surface area contributed by atoms with Gasteiger partial charge >= 0.3 is 0 Å². The first-order chi connectivity index (χ1) is 12.7. The van der Waals surface area contributed by atoms with Crippen molar-refractivity contribution >= 4 is 21.6 Å². The van der Waals surface area contributed by atoms with Gasteiger partial charge in [-0.05, 0) is 31.2 Å². The number of piperidine rings is 1. The average molecular weight is 364 g/mol. The van der Waals surface area contributed by atoms with Gasteiger partial charge in [-0.3, -0.25) is 0 Å². The lowest BCUT2D eigenvalue weighted by Gasteiger charge is -2.40. The average Bonchev–Trinajstić information content (AvgIpc) is 3.27. The molecule has 6 nitrogen and oxygen atoms in total. The van der Waals surface area contributed by atoms with Gasteiger partial charge in [-0.25, -0.2) is 9.97 Å². The molecule has 1 aliphatic heterocycles. The molecule has 26 heavy (non-hydrogen) atoms. The number of nitrogens with two attached hydrogens (primary N) is 1. The van der Waals surface area contributed by atoms with E-state index in [1.165, 1.54) is 22.6 Å². The number of hydrogen-bond donors (Lipinski definition) is 1. The first-order valence-electron chi connectivity index (χ1n) is 8.99. The number of aromatic nitrogens is 4. The Hall–Kier alpha value is -2.54. The molecule has 0 saturated carbocycles. The summed E-state index contributed by atoms with van der Waals surface area (Å²) in [4.78, 5) is 12.0. The van der Waals surface area contributed by atoms with Crippen LogP contribution in [0, 0.1) is 0 Å². The lowest BCUT2D eigenvalue weighted by atomic mass is 9.77. The Morgan fingerprint density at radius 1 is 1.12 bits per heavy atom. The van der Waals surface area contributed by atoms with Gasteiger partial charge in [0.15, 0.2) is 5.82 Å². The van der Waals surface area contributed by atoms with E-state index in [2.05, 4.69) is 32.2 Å². The van der Waals surface area contributed by atoms with Crippen LogP contribution in [0.3, 0.4) is 0 Å². The highest BCUT2D eigenvalue weighted by Crippen LogP contribution is 2.45. The Balaban J connectivity index is 1.52. The number of fused-ring (bicyclic) bond motifs is 2. The Morgan fingerprint density at radius 3 is 2.81 bits per heavy atom. The van der Waals surface area contributed by atoms with Crippen LogP contribution in [0.5, 0.6) is 0 Å². The maximum absolute atomic E-state index is 5.79. The van der Waals surface area contributed by atoms with Gasteiger partial charge < -0.3 is 10.6 Å². The SMILES string of the molecule is Nc1nnc(N2CCCC3(CCc4cnc(-c5ccccc5)nc43)C2)s1. The van der Waals surface area contributed by atoms with Crippen LogP contribution in [0.25, 0.3) is 11.4 Å². The maximum atomic E-state index is 5.79. The van der Waals surface area contributed by atoms with Crippen LogP contribution in [-0.2, 0) is 11.8 Å². The second kappa shape index (κ2) is 6.02. The van der Waals surface area contributed by atoms with Crippen molar-refractivity contribution < 1.29 is 0 Å². The minimum absolute atomic E-state index is 0.0838. The van der Waals surface area contributed by atoms with E-state index >= 15 is 0 Å². The molecule has 1 aromatic carbocycles. The minimum atomic E-state index is 0.0838. The van der Waals surface area contributed by atoms with Crippen molar-refractivity contribution in [2.45, 2.75) is 31.1 Å². The first-order valence-corrected chi connectivity index (χ1v) is 9.81. The molecule has 1 aliphatic carbocycles. The standard InChI is InChI=1S/C19H20N6S/c20-17-23-24-18(26-17)25-10-4-8-19(12-25)9-7-14-11-21-16(22-15(14)19)13-5-2-1-3-6-13/h1-3,5-6,11H,4,7-10,12H2,(H2,20,23). The molecule has 7 heteroatoms. The third-order valence-corrected chi connectivity index (χ3v) is 6.36. The van der Waals surface area contributed by atoms with Crippen molar-refractivity contribution in [3.63, 3.8) is 0 Å². The van der Waals surface area contributed by atoms with Crippen LogP contribution in [-0.4, -0.2) is 33.3 Å². The summed E-state index contributed by atoms with van der Waals surface area (Å²) in [6.07, 6.45) is 6.50. The zero-order valence-corrected chi connectivity index (χ0v) is 15.2. The van der Waals surface area contributed by atoms with E-state index in [0.29, 0.717) is 5.13 Å². The summed E-state index contributed by atoms with van der Waals surface area (Å²) in [7, 11) is 0. The molecule has 0 bridgehead atoms. The van der Waals surface area contributed by atoms with E-state index < -0.39 is 0 Å². The highest BCUT2D eigenvalue weighted by Gasteiger charge is 2.44. The van der Waals surface area contributed by atoms with E-state index in [1.54, 1.807) is 0 Å². The Morgan fingerprint density at radius 2 is 2.00 bits per heavy atom. The van der Waals surface area contributed by atoms with Crippen LogP contribution >= 0.6 is 11.3 Å². The third kappa shape index (κ3) is 2.54. The fraction of sp³-hybridized carbons (Fsp3) is 0.368. The number of nitrogens with zero attached hydrogens (tertiary/aromatic N) is 5. The van der Waals surface area contributed by atoms with Crippen molar-refractivity contribution in [1.82, 2.24) is 20.2 Å².